The molecule has 7 heteroatoms. The Labute approximate surface area is 179 Å². The van der Waals surface area contributed by atoms with Crippen molar-refractivity contribution in [2.75, 3.05) is 33.4 Å². The minimum atomic E-state index is -0.723. The standard InChI is InChI=1S/C23H34N4O3/c1-30-16-15-27-22(29)26(18-19-7-6-12-24-17-19)21(28)23(27)10-13-25(14-11-23)20-8-4-2-3-5-9-20/h6-7,12,17,20H,2-5,8-11,13-16,18H2,1H3. The number of carbonyl (C=O) groups excluding carboxylic acids is 2. The summed E-state index contributed by atoms with van der Waals surface area (Å²) in [4.78, 5) is 36.8. The summed E-state index contributed by atoms with van der Waals surface area (Å²) >= 11 is 0. The molecule has 3 heterocycles. The number of urea groups is 1. The number of carbonyl (C=O) groups is 2. The summed E-state index contributed by atoms with van der Waals surface area (Å²) in [6.45, 7) is 2.94. The number of ether oxygens (including phenoxy) is 1. The maximum atomic E-state index is 13.6. The van der Waals surface area contributed by atoms with E-state index in [4.69, 9.17) is 4.74 Å². The lowest BCUT2D eigenvalue weighted by molar-refractivity contribution is -0.136. The Morgan fingerprint density at radius 2 is 1.87 bits per heavy atom. The first-order valence-electron chi connectivity index (χ1n) is 11.4. The average molecular weight is 415 g/mol. The number of hydrogen-bond acceptors (Lipinski definition) is 5. The number of piperidine rings is 1. The molecular formula is C23H34N4O3. The Hall–Kier alpha value is -1.99. The number of rotatable bonds is 6. The van der Waals surface area contributed by atoms with Crippen LogP contribution in [0.3, 0.4) is 0 Å². The quantitative estimate of drug-likeness (QED) is 0.529. The molecule has 0 radical (unpaired) electrons. The van der Waals surface area contributed by atoms with E-state index in [1.54, 1.807) is 24.4 Å². The Kier molecular flexibility index (Phi) is 6.68. The Bertz CT molecular complexity index is 725. The molecule has 1 aromatic rings. The molecule has 0 aromatic carbocycles. The molecule has 4 rings (SSSR count). The minimum absolute atomic E-state index is 0.0482. The van der Waals surface area contributed by atoms with Crippen LogP contribution in [0.4, 0.5) is 4.79 Å². The summed E-state index contributed by atoms with van der Waals surface area (Å²) in [5, 5.41) is 0. The molecule has 2 saturated heterocycles. The van der Waals surface area contributed by atoms with E-state index in [1.165, 1.54) is 43.4 Å². The maximum Gasteiger partial charge on any atom is 0.328 e. The topological polar surface area (TPSA) is 66.0 Å². The number of methoxy groups -OCH3 is 1. The van der Waals surface area contributed by atoms with Gasteiger partial charge in [0.1, 0.15) is 5.54 Å². The molecule has 1 aromatic heterocycles. The molecule has 2 aliphatic heterocycles. The monoisotopic (exact) mass is 414 g/mol. The molecule has 0 N–H and O–H groups in total. The molecule has 1 spiro atoms. The Morgan fingerprint density at radius 3 is 2.50 bits per heavy atom. The molecule has 7 nitrogen and oxygen atoms in total. The average Bonchev–Trinajstić information content (AvgIpc) is 2.99. The molecule has 3 aliphatic rings. The second kappa shape index (κ2) is 9.43. The van der Waals surface area contributed by atoms with Crippen LogP contribution in [0, 0.1) is 0 Å². The predicted molar refractivity (Wildman–Crippen MR) is 114 cm³/mol. The fraction of sp³-hybridized carbons (Fsp3) is 0.696. The third-order valence-corrected chi connectivity index (χ3v) is 7.17. The first-order chi connectivity index (χ1) is 14.7. The number of pyridine rings is 1. The highest BCUT2D eigenvalue weighted by atomic mass is 16.5. The summed E-state index contributed by atoms with van der Waals surface area (Å²) in [6.07, 6.45) is 12.7. The molecule has 0 unspecified atom stereocenters. The van der Waals surface area contributed by atoms with Crippen LogP contribution in [0.25, 0.3) is 0 Å². The summed E-state index contributed by atoms with van der Waals surface area (Å²) in [7, 11) is 1.64. The zero-order valence-corrected chi connectivity index (χ0v) is 18.1. The molecule has 0 atom stereocenters. The van der Waals surface area contributed by atoms with Gasteiger partial charge in [-0.3, -0.25) is 14.7 Å². The second-order valence-corrected chi connectivity index (χ2v) is 8.89. The van der Waals surface area contributed by atoms with Gasteiger partial charge in [-0.1, -0.05) is 31.7 Å². The SMILES string of the molecule is COCCN1C(=O)N(Cc2cccnc2)C(=O)C12CCN(C1CCCCCC1)CC2. The van der Waals surface area contributed by atoms with Crippen molar-refractivity contribution in [3.05, 3.63) is 30.1 Å². The molecule has 3 amide bonds. The molecule has 0 bridgehead atoms. The number of nitrogens with zero attached hydrogens (tertiary/aromatic N) is 4. The van der Waals surface area contributed by atoms with E-state index < -0.39 is 5.54 Å². The third-order valence-electron chi connectivity index (χ3n) is 7.17. The smallest absolute Gasteiger partial charge is 0.328 e. The molecule has 1 aliphatic carbocycles. The van der Waals surface area contributed by atoms with Gasteiger partial charge < -0.3 is 14.5 Å². The van der Waals surface area contributed by atoms with Gasteiger partial charge in [-0.15, -0.1) is 0 Å². The predicted octanol–water partition coefficient (Wildman–Crippen LogP) is 3.05. The molecule has 3 fully saturated rings. The normalized spacial score (nSPS) is 23.4. The molecule has 1 saturated carbocycles. The number of hydrogen-bond donors (Lipinski definition) is 0. The van der Waals surface area contributed by atoms with Crippen molar-refractivity contribution < 1.29 is 14.3 Å². The van der Waals surface area contributed by atoms with E-state index in [0.29, 0.717) is 32.0 Å². The van der Waals surface area contributed by atoms with Gasteiger partial charge in [-0.2, -0.15) is 0 Å². The first-order valence-corrected chi connectivity index (χ1v) is 11.4. The van der Waals surface area contributed by atoms with Crippen molar-refractivity contribution in [1.29, 1.82) is 0 Å². The van der Waals surface area contributed by atoms with E-state index in [0.717, 1.165) is 18.7 Å². The van der Waals surface area contributed by atoms with Crippen LogP contribution in [-0.4, -0.2) is 76.6 Å². The first kappa shape index (κ1) is 21.2. The lowest BCUT2D eigenvalue weighted by Gasteiger charge is -2.44. The van der Waals surface area contributed by atoms with Crippen LogP contribution in [0.15, 0.2) is 24.5 Å². The Balaban J connectivity index is 1.51. The van der Waals surface area contributed by atoms with E-state index in [2.05, 4.69) is 9.88 Å². The largest absolute Gasteiger partial charge is 0.383 e. The Morgan fingerprint density at radius 1 is 1.13 bits per heavy atom. The van der Waals surface area contributed by atoms with Gasteiger partial charge in [-0.25, -0.2) is 4.79 Å². The van der Waals surface area contributed by atoms with Gasteiger partial charge >= 0.3 is 6.03 Å². The van der Waals surface area contributed by atoms with Crippen LogP contribution >= 0.6 is 0 Å². The summed E-state index contributed by atoms with van der Waals surface area (Å²) in [6, 6.07) is 4.19. The van der Waals surface area contributed by atoms with Crippen LogP contribution < -0.4 is 0 Å². The van der Waals surface area contributed by atoms with Crippen LogP contribution in [-0.2, 0) is 16.1 Å². The van der Waals surface area contributed by atoms with Gasteiger partial charge in [0.05, 0.1) is 13.2 Å². The highest BCUT2D eigenvalue weighted by molar-refractivity contribution is 6.07. The van der Waals surface area contributed by atoms with Crippen molar-refractivity contribution in [2.24, 2.45) is 0 Å². The summed E-state index contributed by atoms with van der Waals surface area (Å²) < 4.78 is 5.26. The van der Waals surface area contributed by atoms with Gasteiger partial charge in [0, 0.05) is 45.2 Å². The third kappa shape index (κ3) is 4.10. The zero-order chi connectivity index (χ0) is 21.0. The fourth-order valence-corrected chi connectivity index (χ4v) is 5.45. The van der Waals surface area contributed by atoms with Gasteiger partial charge in [0.15, 0.2) is 0 Å². The lowest BCUT2D eigenvalue weighted by Crippen LogP contribution is -2.58. The van der Waals surface area contributed by atoms with Crippen molar-refractivity contribution in [3.63, 3.8) is 0 Å². The van der Waals surface area contributed by atoms with Crippen molar-refractivity contribution >= 4 is 11.9 Å². The summed E-state index contributed by atoms with van der Waals surface area (Å²) in [5.74, 6) is -0.0482. The van der Waals surface area contributed by atoms with Gasteiger partial charge in [0.25, 0.3) is 5.91 Å². The lowest BCUT2D eigenvalue weighted by atomic mass is 9.84. The fourth-order valence-electron chi connectivity index (χ4n) is 5.45. The number of amides is 3. The van der Waals surface area contributed by atoms with Crippen molar-refractivity contribution in [2.45, 2.75) is 69.5 Å². The van der Waals surface area contributed by atoms with Gasteiger partial charge in [0.2, 0.25) is 0 Å². The number of likely N-dealkylation sites (tertiary alicyclic amines) is 1. The van der Waals surface area contributed by atoms with Crippen molar-refractivity contribution in [1.82, 2.24) is 19.7 Å². The number of aromatic nitrogens is 1. The van der Waals surface area contributed by atoms with Crippen LogP contribution in [0.1, 0.15) is 56.9 Å². The minimum Gasteiger partial charge on any atom is -0.383 e. The highest BCUT2D eigenvalue weighted by Crippen LogP contribution is 2.39. The van der Waals surface area contributed by atoms with Crippen LogP contribution in [0.5, 0.6) is 0 Å². The molecular weight excluding hydrogens is 380 g/mol. The van der Waals surface area contributed by atoms with Crippen LogP contribution in [0.2, 0.25) is 0 Å². The summed E-state index contributed by atoms with van der Waals surface area (Å²) in [5.41, 5.74) is 0.151. The van der Waals surface area contributed by atoms with E-state index in [-0.39, 0.29) is 18.5 Å². The number of imide groups is 1. The maximum absolute atomic E-state index is 13.6. The second-order valence-electron chi connectivity index (χ2n) is 8.89. The van der Waals surface area contributed by atoms with Crippen molar-refractivity contribution in [3.8, 4) is 0 Å². The van der Waals surface area contributed by atoms with Gasteiger partial charge in [-0.05, 0) is 37.3 Å². The molecule has 30 heavy (non-hydrogen) atoms. The highest BCUT2D eigenvalue weighted by Gasteiger charge is 2.57. The van der Waals surface area contributed by atoms with E-state index in [1.807, 2.05) is 12.1 Å². The molecule has 164 valence electrons. The van der Waals surface area contributed by atoms with E-state index >= 15 is 0 Å². The zero-order valence-electron chi connectivity index (χ0n) is 18.1. The van der Waals surface area contributed by atoms with E-state index in [9.17, 15) is 9.59 Å².